The second kappa shape index (κ2) is 8.81. The van der Waals surface area contributed by atoms with Crippen LogP contribution in [0.3, 0.4) is 0 Å². The van der Waals surface area contributed by atoms with E-state index in [0.717, 1.165) is 12.5 Å². The molecule has 0 aliphatic heterocycles. The highest BCUT2D eigenvalue weighted by Gasteiger charge is 2.21. The van der Waals surface area contributed by atoms with Crippen molar-refractivity contribution in [1.29, 1.82) is 0 Å². The molecule has 0 aliphatic rings. The number of hydrogen-bond donors (Lipinski definition) is 1. The molecule has 31 heavy (non-hydrogen) atoms. The molecule has 1 N–H and O–H groups in total. The first-order chi connectivity index (χ1) is 14.8. The van der Waals surface area contributed by atoms with E-state index in [-0.39, 0.29) is 40.6 Å². The first-order valence-electron chi connectivity index (χ1n) is 9.46. The van der Waals surface area contributed by atoms with Crippen LogP contribution in [0.1, 0.15) is 35.9 Å². The van der Waals surface area contributed by atoms with Crippen molar-refractivity contribution >= 4 is 22.8 Å². The summed E-state index contributed by atoms with van der Waals surface area (Å²) in [5.41, 5.74) is -1.19. The van der Waals surface area contributed by atoms with Crippen LogP contribution in [0, 0.1) is 10.1 Å². The minimum atomic E-state index is -0.857. The highest BCUT2D eigenvalue weighted by molar-refractivity contribution is 5.93. The maximum absolute atomic E-state index is 12.5. The minimum absolute atomic E-state index is 0.116. The molecule has 12 heteroatoms. The number of unbranched alkanes of at least 4 members (excludes halogenated alkanes) is 1. The zero-order valence-electron chi connectivity index (χ0n) is 17.2. The van der Waals surface area contributed by atoms with E-state index >= 15 is 0 Å². The predicted molar refractivity (Wildman–Crippen MR) is 109 cm³/mol. The number of hydrogen-bond acceptors (Lipinski definition) is 8. The predicted octanol–water partition coefficient (Wildman–Crippen LogP) is 1.50. The molecule has 0 fully saturated rings. The van der Waals surface area contributed by atoms with Gasteiger partial charge in [-0.05, 0) is 12.5 Å². The van der Waals surface area contributed by atoms with Gasteiger partial charge in [-0.1, -0.05) is 13.3 Å². The third kappa shape index (κ3) is 4.17. The van der Waals surface area contributed by atoms with E-state index in [1.807, 2.05) is 6.92 Å². The molecule has 0 radical (unpaired) electrons. The van der Waals surface area contributed by atoms with Crippen LogP contribution in [0.25, 0.3) is 11.2 Å². The first-order valence-corrected chi connectivity index (χ1v) is 9.46. The number of non-ortho nitro benzene ring substituents is 1. The fraction of sp³-hybridized carbons (Fsp3) is 0.368. The molecule has 0 saturated heterocycles. The number of fused-ring (bicyclic) bond motifs is 1. The van der Waals surface area contributed by atoms with Crippen molar-refractivity contribution in [2.75, 3.05) is 7.11 Å². The number of benzene rings is 1. The van der Waals surface area contributed by atoms with Crippen LogP contribution in [-0.2, 0) is 24.9 Å². The lowest BCUT2D eigenvalue weighted by Gasteiger charge is -2.08. The van der Waals surface area contributed by atoms with Crippen molar-refractivity contribution in [1.82, 2.24) is 19.1 Å². The fourth-order valence-corrected chi connectivity index (χ4v) is 3.12. The first kappa shape index (κ1) is 21.7. The summed E-state index contributed by atoms with van der Waals surface area (Å²) >= 11 is 0. The molecule has 0 atom stereocenters. The minimum Gasteiger partial charge on any atom is -0.496 e. The number of H-pyrrole nitrogens is 1. The SMILES string of the molecule is CCCCn1c(=O)[nH]c(=O)c2c1nc(COC(=O)c1cc([N+](=O)[O-])ccc1OC)n2C. The van der Waals surface area contributed by atoms with E-state index in [4.69, 9.17) is 9.47 Å². The van der Waals surface area contributed by atoms with Gasteiger partial charge in [0, 0.05) is 25.7 Å². The van der Waals surface area contributed by atoms with Crippen LogP contribution in [0.4, 0.5) is 5.69 Å². The number of ether oxygens (including phenoxy) is 2. The number of methoxy groups -OCH3 is 1. The second-order valence-electron chi connectivity index (χ2n) is 6.74. The van der Waals surface area contributed by atoms with E-state index < -0.39 is 22.1 Å². The standard InChI is InChI=1S/C19H21N5O7/c1-4-5-8-23-16-15(17(25)21-19(23)27)22(2)14(20-16)10-31-18(26)12-9-11(24(28)29)6-7-13(12)30-3/h6-7,9H,4-5,8,10H2,1-3H3,(H,21,25,27). The maximum Gasteiger partial charge on any atom is 0.342 e. The van der Waals surface area contributed by atoms with Crippen molar-refractivity contribution in [2.45, 2.75) is 32.9 Å². The number of carbonyl (C=O) groups excluding carboxylic acids is 1. The molecule has 0 saturated carbocycles. The number of nitro groups is 1. The Labute approximate surface area is 175 Å². The van der Waals surface area contributed by atoms with Gasteiger partial charge in [0.15, 0.2) is 11.2 Å². The molecular formula is C19H21N5O7. The largest absolute Gasteiger partial charge is 0.496 e. The quantitative estimate of drug-likeness (QED) is 0.320. The fourth-order valence-electron chi connectivity index (χ4n) is 3.12. The van der Waals surface area contributed by atoms with Crippen molar-refractivity contribution < 1.29 is 19.2 Å². The summed E-state index contributed by atoms with van der Waals surface area (Å²) in [6.45, 7) is 2.03. The summed E-state index contributed by atoms with van der Waals surface area (Å²) in [5, 5.41) is 11.0. The highest BCUT2D eigenvalue weighted by Crippen LogP contribution is 2.25. The van der Waals surface area contributed by atoms with Crippen LogP contribution < -0.4 is 16.0 Å². The summed E-state index contributed by atoms with van der Waals surface area (Å²) in [7, 11) is 2.89. The average molecular weight is 431 g/mol. The van der Waals surface area contributed by atoms with Crippen molar-refractivity contribution in [2.24, 2.45) is 7.05 Å². The molecule has 0 unspecified atom stereocenters. The molecule has 0 amide bonds. The van der Waals surface area contributed by atoms with Gasteiger partial charge in [0.25, 0.3) is 11.2 Å². The van der Waals surface area contributed by atoms with Gasteiger partial charge in [0.2, 0.25) is 0 Å². The third-order valence-electron chi connectivity index (χ3n) is 4.79. The van der Waals surface area contributed by atoms with Crippen LogP contribution in [-0.4, -0.2) is 37.1 Å². The van der Waals surface area contributed by atoms with Crippen LogP contribution in [0.2, 0.25) is 0 Å². The Hall–Kier alpha value is -3.96. The summed E-state index contributed by atoms with van der Waals surface area (Å²) < 4.78 is 13.2. The molecule has 2 heterocycles. The normalized spacial score (nSPS) is 10.9. The monoisotopic (exact) mass is 431 g/mol. The highest BCUT2D eigenvalue weighted by atomic mass is 16.6. The van der Waals surface area contributed by atoms with Crippen LogP contribution in [0.5, 0.6) is 5.75 Å². The number of aryl methyl sites for hydroxylation is 2. The molecule has 0 aliphatic carbocycles. The number of aromatic amines is 1. The molecule has 3 aromatic rings. The molecule has 12 nitrogen and oxygen atoms in total. The number of nitro benzene ring substituents is 1. The Morgan fingerprint density at radius 3 is 2.71 bits per heavy atom. The zero-order valence-corrected chi connectivity index (χ0v) is 17.2. The molecule has 0 spiro atoms. The van der Waals surface area contributed by atoms with E-state index in [2.05, 4.69) is 9.97 Å². The summed E-state index contributed by atoms with van der Waals surface area (Å²) in [6, 6.07) is 3.57. The van der Waals surface area contributed by atoms with E-state index in [1.165, 1.54) is 28.4 Å². The number of nitrogens with one attached hydrogen (secondary N) is 1. The van der Waals surface area contributed by atoms with Crippen molar-refractivity contribution in [3.8, 4) is 5.75 Å². The third-order valence-corrected chi connectivity index (χ3v) is 4.79. The molecule has 3 rings (SSSR count). The number of carbonyl (C=O) groups is 1. The number of esters is 1. The number of imidazole rings is 1. The molecule has 164 valence electrons. The molecule has 1 aromatic carbocycles. The molecule has 0 bridgehead atoms. The summed E-state index contributed by atoms with van der Waals surface area (Å²) in [5.74, 6) is -0.510. The Bertz CT molecular complexity index is 1270. The van der Waals surface area contributed by atoms with Gasteiger partial charge in [-0.3, -0.25) is 24.5 Å². The Kier molecular flexibility index (Phi) is 6.18. The Balaban J connectivity index is 1.94. The van der Waals surface area contributed by atoms with Gasteiger partial charge >= 0.3 is 11.7 Å². The van der Waals surface area contributed by atoms with Gasteiger partial charge in [0.05, 0.1) is 12.0 Å². The van der Waals surface area contributed by atoms with E-state index in [9.17, 15) is 24.5 Å². The summed E-state index contributed by atoms with van der Waals surface area (Å²) in [6.07, 6.45) is 1.56. The smallest absolute Gasteiger partial charge is 0.342 e. The maximum atomic E-state index is 12.5. The lowest BCUT2D eigenvalue weighted by Crippen LogP contribution is -2.31. The van der Waals surface area contributed by atoms with E-state index in [0.29, 0.717) is 13.0 Å². The lowest BCUT2D eigenvalue weighted by molar-refractivity contribution is -0.384. The molecular weight excluding hydrogens is 410 g/mol. The summed E-state index contributed by atoms with van der Waals surface area (Å²) in [4.78, 5) is 54.0. The zero-order chi connectivity index (χ0) is 22.7. The Morgan fingerprint density at radius 2 is 2.06 bits per heavy atom. The topological polar surface area (TPSA) is 151 Å². The average Bonchev–Trinajstić information content (AvgIpc) is 3.07. The van der Waals surface area contributed by atoms with Gasteiger partial charge in [-0.2, -0.15) is 0 Å². The Morgan fingerprint density at radius 1 is 1.32 bits per heavy atom. The van der Waals surface area contributed by atoms with Gasteiger partial charge in [-0.15, -0.1) is 0 Å². The number of nitrogens with zero attached hydrogens (tertiary/aromatic N) is 4. The second-order valence-corrected chi connectivity index (χ2v) is 6.74. The molecule has 2 aromatic heterocycles. The van der Waals surface area contributed by atoms with Gasteiger partial charge < -0.3 is 14.0 Å². The van der Waals surface area contributed by atoms with Crippen LogP contribution >= 0.6 is 0 Å². The van der Waals surface area contributed by atoms with Gasteiger partial charge in [-0.25, -0.2) is 14.6 Å². The van der Waals surface area contributed by atoms with Crippen molar-refractivity contribution in [3.63, 3.8) is 0 Å². The number of aromatic nitrogens is 4. The van der Waals surface area contributed by atoms with E-state index in [1.54, 1.807) is 7.05 Å². The van der Waals surface area contributed by atoms with Gasteiger partial charge in [0.1, 0.15) is 23.7 Å². The van der Waals surface area contributed by atoms with Crippen LogP contribution in [0.15, 0.2) is 27.8 Å². The lowest BCUT2D eigenvalue weighted by atomic mass is 10.2. The number of rotatable bonds is 8. The van der Waals surface area contributed by atoms with Crippen molar-refractivity contribution in [3.05, 3.63) is 60.5 Å².